The Labute approximate surface area is 54.8 Å². The van der Waals surface area contributed by atoms with Gasteiger partial charge in [0.05, 0.1) is 12.1 Å². The van der Waals surface area contributed by atoms with Gasteiger partial charge in [0, 0.05) is 0 Å². The lowest BCUT2D eigenvalue weighted by Crippen LogP contribution is -2.31. The summed E-state index contributed by atoms with van der Waals surface area (Å²) < 4.78 is 0. The highest BCUT2D eigenvalue weighted by atomic mass is 16.7. The lowest BCUT2D eigenvalue weighted by molar-refractivity contribution is 0.0901. The van der Waals surface area contributed by atoms with Gasteiger partial charge < -0.3 is 10.6 Å². The van der Waals surface area contributed by atoms with Crippen LogP contribution in [0, 0.1) is 0 Å². The summed E-state index contributed by atoms with van der Waals surface area (Å²) in [5, 5.41) is 0. The minimum atomic E-state index is -0.0469. The fourth-order valence-corrected chi connectivity index (χ4v) is 0.759. The Morgan fingerprint density at radius 2 is 2.44 bits per heavy atom. The van der Waals surface area contributed by atoms with Crippen molar-refractivity contribution in [1.82, 2.24) is 5.48 Å². The molecule has 9 heavy (non-hydrogen) atoms. The summed E-state index contributed by atoms with van der Waals surface area (Å²) in [5.41, 5.74) is 8.10. The molecule has 0 bridgehead atoms. The summed E-state index contributed by atoms with van der Waals surface area (Å²) in [5.74, 6) is 0.819. The molecule has 0 radical (unpaired) electrons. The van der Waals surface area contributed by atoms with Crippen LogP contribution in [0.5, 0.6) is 0 Å². The van der Waals surface area contributed by atoms with Crippen LogP contribution in [0.4, 0.5) is 0 Å². The van der Waals surface area contributed by atoms with E-state index in [1.807, 2.05) is 19.9 Å². The average Bonchev–Trinajstić information content (AvgIpc) is 2.10. The van der Waals surface area contributed by atoms with E-state index in [1.165, 1.54) is 0 Å². The van der Waals surface area contributed by atoms with Gasteiger partial charge in [-0.1, -0.05) is 0 Å². The third-order valence-corrected chi connectivity index (χ3v) is 1.17. The van der Waals surface area contributed by atoms with Crippen molar-refractivity contribution in [2.75, 3.05) is 6.54 Å². The topological polar surface area (TPSA) is 47.3 Å². The van der Waals surface area contributed by atoms with Gasteiger partial charge in [0.25, 0.3) is 0 Å². The monoisotopic (exact) mass is 128 g/mol. The van der Waals surface area contributed by atoms with Gasteiger partial charge in [-0.05, 0) is 19.9 Å². The van der Waals surface area contributed by atoms with Crippen molar-refractivity contribution in [2.45, 2.75) is 19.4 Å². The fourth-order valence-electron chi connectivity index (χ4n) is 0.759. The Balaban J connectivity index is 2.61. The molecule has 0 saturated heterocycles. The molecule has 0 fully saturated rings. The largest absolute Gasteiger partial charge is 0.411 e. The first-order valence-corrected chi connectivity index (χ1v) is 3.00. The van der Waals surface area contributed by atoms with Crippen molar-refractivity contribution < 1.29 is 4.84 Å². The van der Waals surface area contributed by atoms with Gasteiger partial charge in [0.2, 0.25) is 0 Å². The van der Waals surface area contributed by atoms with Crippen molar-refractivity contribution in [2.24, 2.45) is 5.73 Å². The van der Waals surface area contributed by atoms with Crippen LogP contribution in [0.25, 0.3) is 0 Å². The van der Waals surface area contributed by atoms with Crippen LogP contribution in [-0.4, -0.2) is 12.1 Å². The highest BCUT2D eigenvalue weighted by molar-refractivity contribution is 5.10. The highest BCUT2D eigenvalue weighted by Crippen LogP contribution is 2.14. The number of hydroxylamine groups is 1. The van der Waals surface area contributed by atoms with Crippen LogP contribution in [0.1, 0.15) is 13.8 Å². The van der Waals surface area contributed by atoms with Gasteiger partial charge in [-0.25, -0.2) is 0 Å². The van der Waals surface area contributed by atoms with Crippen molar-refractivity contribution >= 4 is 0 Å². The molecule has 0 aromatic carbocycles. The molecule has 3 nitrogen and oxygen atoms in total. The molecule has 1 aliphatic heterocycles. The fraction of sp³-hybridized carbons (Fsp3) is 0.667. The number of nitrogens with one attached hydrogen (secondary N) is 1. The first kappa shape index (κ1) is 6.58. The van der Waals surface area contributed by atoms with E-state index in [-0.39, 0.29) is 5.54 Å². The van der Waals surface area contributed by atoms with Crippen LogP contribution in [0.15, 0.2) is 11.8 Å². The van der Waals surface area contributed by atoms with Crippen LogP contribution < -0.4 is 11.2 Å². The molecular formula is C6H12N2O. The van der Waals surface area contributed by atoms with Crippen LogP contribution in [0.3, 0.4) is 0 Å². The average molecular weight is 128 g/mol. The zero-order valence-corrected chi connectivity index (χ0v) is 5.77. The summed E-state index contributed by atoms with van der Waals surface area (Å²) >= 11 is 0. The van der Waals surface area contributed by atoms with Gasteiger partial charge in [0.15, 0.2) is 0 Å². The standard InChI is InChI=1S/C6H12N2O/c1-6(2)3-5(4-7)9-8-6/h3,8H,4,7H2,1-2H3. The molecule has 3 heteroatoms. The van der Waals surface area contributed by atoms with E-state index in [9.17, 15) is 0 Å². The quantitative estimate of drug-likeness (QED) is 0.528. The predicted octanol–water partition coefficient (Wildman–Crippen LogP) is 0.142. The second kappa shape index (κ2) is 2.01. The van der Waals surface area contributed by atoms with Crippen molar-refractivity contribution in [1.29, 1.82) is 0 Å². The Morgan fingerprint density at radius 3 is 2.67 bits per heavy atom. The third-order valence-electron chi connectivity index (χ3n) is 1.17. The minimum Gasteiger partial charge on any atom is -0.411 e. The van der Waals surface area contributed by atoms with Gasteiger partial charge in [-0.3, -0.25) is 0 Å². The Hall–Kier alpha value is -0.540. The van der Waals surface area contributed by atoms with Crippen LogP contribution >= 0.6 is 0 Å². The predicted molar refractivity (Wildman–Crippen MR) is 35.4 cm³/mol. The molecule has 1 heterocycles. The van der Waals surface area contributed by atoms with Gasteiger partial charge in [-0.15, -0.1) is 5.48 Å². The number of rotatable bonds is 1. The van der Waals surface area contributed by atoms with E-state index in [1.54, 1.807) is 0 Å². The van der Waals surface area contributed by atoms with E-state index in [0.717, 1.165) is 5.76 Å². The molecule has 1 rings (SSSR count). The van der Waals surface area contributed by atoms with E-state index in [0.29, 0.717) is 6.54 Å². The molecule has 1 aliphatic rings. The normalized spacial score (nSPS) is 23.2. The molecule has 0 spiro atoms. The first-order valence-electron chi connectivity index (χ1n) is 3.00. The van der Waals surface area contributed by atoms with Gasteiger partial charge in [-0.2, -0.15) is 0 Å². The summed E-state index contributed by atoms with van der Waals surface area (Å²) in [6.07, 6.45) is 1.98. The van der Waals surface area contributed by atoms with Gasteiger partial charge >= 0.3 is 0 Å². The Morgan fingerprint density at radius 1 is 1.78 bits per heavy atom. The van der Waals surface area contributed by atoms with E-state index >= 15 is 0 Å². The molecule has 0 aromatic rings. The summed E-state index contributed by atoms with van der Waals surface area (Å²) in [6.45, 7) is 4.52. The summed E-state index contributed by atoms with van der Waals surface area (Å²) in [4.78, 5) is 5.00. The van der Waals surface area contributed by atoms with Crippen molar-refractivity contribution in [3.8, 4) is 0 Å². The molecule has 52 valence electrons. The molecular weight excluding hydrogens is 116 g/mol. The van der Waals surface area contributed by atoms with Crippen molar-refractivity contribution in [3.63, 3.8) is 0 Å². The van der Waals surface area contributed by atoms with E-state index < -0.39 is 0 Å². The maximum absolute atomic E-state index is 5.32. The maximum Gasteiger partial charge on any atom is 0.135 e. The van der Waals surface area contributed by atoms with Crippen LogP contribution in [-0.2, 0) is 4.84 Å². The Bertz CT molecular complexity index is 140. The summed E-state index contributed by atoms with van der Waals surface area (Å²) in [6, 6.07) is 0. The highest BCUT2D eigenvalue weighted by Gasteiger charge is 2.22. The molecule has 0 aliphatic carbocycles. The number of nitrogens with two attached hydrogens (primary N) is 1. The second-order valence-corrected chi connectivity index (χ2v) is 2.74. The molecule has 0 unspecified atom stereocenters. The number of hydrogen-bond donors (Lipinski definition) is 2. The zero-order chi connectivity index (χ0) is 6.91. The lowest BCUT2D eigenvalue weighted by Gasteiger charge is -2.11. The molecule has 0 atom stereocenters. The van der Waals surface area contributed by atoms with Gasteiger partial charge in [0.1, 0.15) is 5.76 Å². The summed E-state index contributed by atoms with van der Waals surface area (Å²) in [7, 11) is 0. The molecule has 0 amide bonds. The lowest BCUT2D eigenvalue weighted by atomic mass is 10.1. The van der Waals surface area contributed by atoms with Crippen molar-refractivity contribution in [3.05, 3.63) is 11.8 Å². The molecule has 0 aromatic heterocycles. The van der Waals surface area contributed by atoms with Crippen LogP contribution in [0.2, 0.25) is 0 Å². The molecule has 0 saturated carbocycles. The maximum atomic E-state index is 5.32. The smallest absolute Gasteiger partial charge is 0.135 e. The second-order valence-electron chi connectivity index (χ2n) is 2.74. The minimum absolute atomic E-state index is 0.0469. The molecule has 3 N–H and O–H groups in total. The SMILES string of the molecule is CC1(C)C=C(CN)ON1. The Kier molecular flexibility index (Phi) is 1.47. The first-order chi connectivity index (χ1) is 4.14. The zero-order valence-electron chi connectivity index (χ0n) is 5.77. The number of hydrogen-bond acceptors (Lipinski definition) is 3. The third kappa shape index (κ3) is 1.43. The van der Waals surface area contributed by atoms with E-state index in [2.05, 4.69) is 5.48 Å². The van der Waals surface area contributed by atoms with E-state index in [4.69, 9.17) is 10.6 Å².